The van der Waals surface area contributed by atoms with Gasteiger partial charge in [-0.05, 0) is 76.3 Å². The van der Waals surface area contributed by atoms with E-state index in [1.165, 1.54) is 0 Å². The Morgan fingerprint density at radius 2 is 1.60 bits per heavy atom. The van der Waals surface area contributed by atoms with E-state index in [1.54, 1.807) is 49.9 Å². The van der Waals surface area contributed by atoms with Gasteiger partial charge >= 0.3 is 6.09 Å². The molecule has 0 aromatic heterocycles. The molecule has 2 atom stereocenters. The number of ether oxygens (including phenoxy) is 1. The van der Waals surface area contributed by atoms with E-state index in [1.807, 2.05) is 32.0 Å². The Bertz CT molecular complexity index is 1160. The van der Waals surface area contributed by atoms with Crippen LogP contribution in [0.4, 0.5) is 4.79 Å². The molecule has 0 saturated heterocycles. The number of nitrogens with one attached hydrogen (secondary N) is 2. The number of aromatic hydroxyl groups is 1. The predicted octanol–water partition coefficient (Wildman–Crippen LogP) is 6.51. The third-order valence-corrected chi connectivity index (χ3v) is 7.01. The second kappa shape index (κ2) is 16.8. The van der Waals surface area contributed by atoms with Crippen LogP contribution in [0.15, 0.2) is 42.5 Å². The number of nitrogens with zero attached hydrogens (tertiary/aromatic N) is 1. The quantitative estimate of drug-likeness (QED) is 0.208. The molecule has 0 saturated carbocycles. The number of carbonyl (C=O) groups is 3. The zero-order chi connectivity index (χ0) is 31.3. The summed E-state index contributed by atoms with van der Waals surface area (Å²) in [4.78, 5) is 43.0. The molecular formula is C34H51N3O5. The van der Waals surface area contributed by atoms with Gasteiger partial charge in [0.05, 0.1) is 0 Å². The van der Waals surface area contributed by atoms with Crippen molar-refractivity contribution in [1.82, 2.24) is 15.5 Å². The van der Waals surface area contributed by atoms with Gasteiger partial charge in [-0.3, -0.25) is 9.59 Å². The van der Waals surface area contributed by atoms with Crippen molar-refractivity contribution in [2.45, 2.75) is 111 Å². The van der Waals surface area contributed by atoms with E-state index in [-0.39, 0.29) is 24.0 Å². The third kappa shape index (κ3) is 11.4. The van der Waals surface area contributed by atoms with E-state index < -0.39 is 23.8 Å². The second-order valence-electron chi connectivity index (χ2n) is 12.1. The van der Waals surface area contributed by atoms with Crippen LogP contribution in [0.25, 0.3) is 0 Å². The monoisotopic (exact) mass is 581 g/mol. The van der Waals surface area contributed by atoms with Gasteiger partial charge in [-0.15, -0.1) is 0 Å². The maximum Gasteiger partial charge on any atom is 0.408 e. The molecule has 0 radical (unpaired) electrons. The van der Waals surface area contributed by atoms with E-state index in [2.05, 4.69) is 24.5 Å². The number of phenols is 1. The van der Waals surface area contributed by atoms with Crippen LogP contribution in [0.5, 0.6) is 5.75 Å². The van der Waals surface area contributed by atoms with Gasteiger partial charge in [-0.25, -0.2) is 4.79 Å². The van der Waals surface area contributed by atoms with E-state index in [9.17, 15) is 19.5 Å². The molecule has 0 fully saturated rings. The van der Waals surface area contributed by atoms with Gasteiger partial charge < -0.3 is 25.4 Å². The van der Waals surface area contributed by atoms with Crippen LogP contribution in [-0.2, 0) is 20.7 Å². The molecule has 0 aliphatic rings. The average Bonchev–Trinajstić information content (AvgIpc) is 2.90. The molecule has 8 nitrogen and oxygen atoms in total. The molecule has 2 aromatic rings. The molecule has 0 aliphatic carbocycles. The highest BCUT2D eigenvalue weighted by atomic mass is 16.6. The van der Waals surface area contributed by atoms with Gasteiger partial charge in [0.15, 0.2) is 0 Å². The first-order valence-electron chi connectivity index (χ1n) is 15.3. The smallest absolute Gasteiger partial charge is 0.408 e. The van der Waals surface area contributed by atoms with Crippen LogP contribution in [0, 0.1) is 13.8 Å². The van der Waals surface area contributed by atoms with Crippen LogP contribution < -0.4 is 10.6 Å². The van der Waals surface area contributed by atoms with E-state index in [0.29, 0.717) is 13.1 Å². The summed E-state index contributed by atoms with van der Waals surface area (Å²) in [5.74, 6) is -0.487. The lowest BCUT2D eigenvalue weighted by atomic mass is 9.95. The molecule has 2 unspecified atom stereocenters. The molecule has 232 valence electrons. The van der Waals surface area contributed by atoms with Crippen LogP contribution in [0.1, 0.15) is 101 Å². The van der Waals surface area contributed by atoms with Gasteiger partial charge in [0.2, 0.25) is 11.8 Å². The molecule has 2 rings (SSSR count). The van der Waals surface area contributed by atoms with Crippen LogP contribution in [0.2, 0.25) is 0 Å². The topological polar surface area (TPSA) is 108 Å². The van der Waals surface area contributed by atoms with E-state index in [0.717, 1.165) is 60.8 Å². The van der Waals surface area contributed by atoms with Crippen molar-refractivity contribution in [1.29, 1.82) is 0 Å². The molecule has 42 heavy (non-hydrogen) atoms. The van der Waals surface area contributed by atoms with Crippen molar-refractivity contribution >= 4 is 17.9 Å². The molecule has 3 N–H and O–H groups in total. The summed E-state index contributed by atoms with van der Waals surface area (Å²) in [7, 11) is 0. The van der Waals surface area contributed by atoms with Gasteiger partial charge in [-0.1, -0.05) is 75.4 Å². The Hall–Kier alpha value is -3.55. The van der Waals surface area contributed by atoms with Crippen LogP contribution in [0.3, 0.4) is 0 Å². The number of benzene rings is 2. The standard InChI is InChI=1S/C34H51N3O5/c1-8-10-12-13-21-37(30(31(39)35-20-11-9-2)28-19-14-24(3)22-25(28)4)32(40)29(36-33(41)42-34(5,6)7)23-26-15-17-27(38)18-16-26/h14-19,22,29-30,38H,8-13,20-21,23H2,1-7H3,(H,35,39)(H,36,41). The Morgan fingerprint density at radius 1 is 0.929 bits per heavy atom. The minimum absolute atomic E-state index is 0.109. The summed E-state index contributed by atoms with van der Waals surface area (Å²) in [6.45, 7) is 14.3. The maximum absolute atomic E-state index is 14.5. The SMILES string of the molecule is CCCCCCN(C(=O)C(Cc1ccc(O)cc1)NC(=O)OC(C)(C)C)C(C(=O)NCCCC)c1ccc(C)cc1C. The lowest BCUT2D eigenvalue weighted by molar-refractivity contribution is -0.142. The first kappa shape index (κ1) is 34.7. The van der Waals surface area contributed by atoms with Crippen molar-refractivity contribution in [3.8, 4) is 5.75 Å². The highest BCUT2D eigenvalue weighted by Crippen LogP contribution is 2.28. The summed E-state index contributed by atoms with van der Waals surface area (Å²) in [6, 6.07) is 10.6. The summed E-state index contributed by atoms with van der Waals surface area (Å²) in [5.41, 5.74) is 2.76. The Balaban J connectivity index is 2.58. The minimum atomic E-state index is -0.993. The Morgan fingerprint density at radius 3 is 2.19 bits per heavy atom. The lowest BCUT2D eigenvalue weighted by Crippen LogP contribution is -2.54. The van der Waals surface area contributed by atoms with Crippen LogP contribution >= 0.6 is 0 Å². The maximum atomic E-state index is 14.5. The summed E-state index contributed by atoms with van der Waals surface area (Å²) in [6.07, 6.45) is 4.92. The second-order valence-corrected chi connectivity index (χ2v) is 12.1. The van der Waals surface area contributed by atoms with Gasteiger partial charge in [-0.2, -0.15) is 0 Å². The fourth-order valence-electron chi connectivity index (χ4n) is 4.86. The number of hydrogen-bond donors (Lipinski definition) is 3. The number of rotatable bonds is 15. The van der Waals surface area contributed by atoms with E-state index >= 15 is 0 Å². The molecule has 0 spiro atoms. The first-order valence-corrected chi connectivity index (χ1v) is 15.3. The highest BCUT2D eigenvalue weighted by Gasteiger charge is 2.36. The zero-order valence-electron chi connectivity index (χ0n) is 26.6. The fourth-order valence-corrected chi connectivity index (χ4v) is 4.86. The Labute approximate surface area is 252 Å². The largest absolute Gasteiger partial charge is 0.508 e. The normalized spacial score (nSPS) is 12.7. The number of carbonyl (C=O) groups excluding carboxylic acids is 3. The van der Waals surface area contributed by atoms with E-state index in [4.69, 9.17) is 4.74 Å². The number of unbranched alkanes of at least 4 members (excludes halogenated alkanes) is 4. The Kier molecular flexibility index (Phi) is 13.8. The number of phenolic OH excluding ortho intramolecular Hbond substituents is 1. The number of alkyl carbamates (subject to hydrolysis) is 1. The molecule has 2 aromatic carbocycles. The lowest BCUT2D eigenvalue weighted by Gasteiger charge is -2.35. The summed E-state index contributed by atoms with van der Waals surface area (Å²) >= 11 is 0. The first-order chi connectivity index (χ1) is 19.9. The molecule has 0 heterocycles. The highest BCUT2D eigenvalue weighted by molar-refractivity contribution is 5.92. The molecule has 3 amide bonds. The van der Waals surface area contributed by atoms with Gasteiger partial charge in [0, 0.05) is 19.5 Å². The van der Waals surface area contributed by atoms with Crippen molar-refractivity contribution in [2.24, 2.45) is 0 Å². The van der Waals surface area contributed by atoms with Crippen LogP contribution in [-0.4, -0.2) is 52.6 Å². The zero-order valence-corrected chi connectivity index (χ0v) is 26.6. The molecule has 0 aliphatic heterocycles. The van der Waals surface area contributed by atoms with Crippen molar-refractivity contribution in [3.05, 3.63) is 64.7 Å². The van der Waals surface area contributed by atoms with Gasteiger partial charge in [0.1, 0.15) is 23.4 Å². The number of aryl methyl sites for hydroxylation is 2. The molecule has 0 bridgehead atoms. The molecular weight excluding hydrogens is 530 g/mol. The van der Waals surface area contributed by atoms with Crippen molar-refractivity contribution in [3.63, 3.8) is 0 Å². The summed E-state index contributed by atoms with van der Waals surface area (Å²) in [5, 5.41) is 15.6. The predicted molar refractivity (Wildman–Crippen MR) is 167 cm³/mol. The van der Waals surface area contributed by atoms with Crippen molar-refractivity contribution < 1.29 is 24.2 Å². The molecule has 8 heteroatoms. The number of hydrogen-bond acceptors (Lipinski definition) is 5. The minimum Gasteiger partial charge on any atom is -0.508 e. The third-order valence-electron chi connectivity index (χ3n) is 7.01. The van der Waals surface area contributed by atoms with Gasteiger partial charge in [0.25, 0.3) is 0 Å². The average molecular weight is 582 g/mol. The fraction of sp³-hybridized carbons (Fsp3) is 0.559. The summed E-state index contributed by atoms with van der Waals surface area (Å²) < 4.78 is 5.52. The van der Waals surface area contributed by atoms with Crippen molar-refractivity contribution in [2.75, 3.05) is 13.1 Å². The number of amides is 3.